The summed E-state index contributed by atoms with van der Waals surface area (Å²) in [7, 11) is 3.91. The molecule has 1 aliphatic carbocycles. The molecule has 1 aliphatic heterocycles. The Kier molecular flexibility index (Phi) is 7.84. The van der Waals surface area contributed by atoms with Crippen molar-refractivity contribution in [3.8, 4) is 11.5 Å². The molecule has 0 unspecified atom stereocenters. The first kappa shape index (κ1) is 23.1. The SMILES string of the molecule is CN=C(NCC1(c2ccc3c(c2)OCCO3)CCCC1)N(C)Cc1csc(C)n1.I. The smallest absolute Gasteiger partial charge is 0.193 e. The van der Waals surface area contributed by atoms with Gasteiger partial charge in [0.15, 0.2) is 17.5 Å². The van der Waals surface area contributed by atoms with Gasteiger partial charge in [0.2, 0.25) is 0 Å². The molecular formula is C22H31IN4O2S. The zero-order valence-electron chi connectivity index (χ0n) is 17.9. The molecule has 2 aliphatic rings. The van der Waals surface area contributed by atoms with Crippen molar-refractivity contribution in [2.75, 3.05) is 33.9 Å². The van der Waals surface area contributed by atoms with Gasteiger partial charge in [-0.05, 0) is 37.5 Å². The Bertz CT molecular complexity index is 880. The molecule has 1 aromatic heterocycles. The largest absolute Gasteiger partial charge is 0.486 e. The Labute approximate surface area is 200 Å². The van der Waals surface area contributed by atoms with Crippen LogP contribution in [-0.4, -0.2) is 49.7 Å². The molecule has 0 spiro atoms. The zero-order valence-corrected chi connectivity index (χ0v) is 21.1. The number of fused-ring (bicyclic) bond motifs is 1. The molecule has 0 saturated heterocycles. The van der Waals surface area contributed by atoms with Gasteiger partial charge in [0.25, 0.3) is 0 Å². The number of ether oxygens (including phenoxy) is 2. The summed E-state index contributed by atoms with van der Waals surface area (Å²) in [5, 5.41) is 6.85. The Balaban J connectivity index is 0.00000256. The van der Waals surface area contributed by atoms with Gasteiger partial charge in [-0.3, -0.25) is 4.99 Å². The van der Waals surface area contributed by atoms with Crippen LogP contribution in [-0.2, 0) is 12.0 Å². The highest BCUT2D eigenvalue weighted by Crippen LogP contribution is 2.43. The average molecular weight is 542 g/mol. The van der Waals surface area contributed by atoms with E-state index in [-0.39, 0.29) is 29.4 Å². The van der Waals surface area contributed by atoms with E-state index < -0.39 is 0 Å². The number of aliphatic imine (C=N–C) groups is 1. The molecule has 2 heterocycles. The maximum Gasteiger partial charge on any atom is 0.193 e. The number of aromatic nitrogens is 1. The van der Waals surface area contributed by atoms with Crippen molar-refractivity contribution in [3.63, 3.8) is 0 Å². The molecule has 6 nitrogen and oxygen atoms in total. The minimum absolute atomic E-state index is 0. The quantitative estimate of drug-likeness (QED) is 0.346. The van der Waals surface area contributed by atoms with Crippen LogP contribution in [0.1, 0.15) is 41.9 Å². The van der Waals surface area contributed by atoms with Crippen LogP contribution in [0.25, 0.3) is 0 Å². The number of hydrogen-bond donors (Lipinski definition) is 1. The van der Waals surface area contributed by atoms with Crippen LogP contribution in [0.2, 0.25) is 0 Å². The van der Waals surface area contributed by atoms with Crippen LogP contribution in [0.4, 0.5) is 0 Å². The Morgan fingerprint density at radius 3 is 2.63 bits per heavy atom. The van der Waals surface area contributed by atoms with E-state index in [4.69, 9.17) is 9.47 Å². The molecule has 164 valence electrons. The third-order valence-corrected chi connectivity index (χ3v) is 6.76. The van der Waals surface area contributed by atoms with Crippen LogP contribution in [0.3, 0.4) is 0 Å². The summed E-state index contributed by atoms with van der Waals surface area (Å²) in [6, 6.07) is 6.46. The zero-order chi connectivity index (χ0) is 20.3. The number of guanidine groups is 1. The van der Waals surface area contributed by atoms with Gasteiger partial charge in [-0.2, -0.15) is 0 Å². The number of nitrogens with one attached hydrogen (secondary N) is 1. The fourth-order valence-corrected chi connectivity index (χ4v) is 5.03. The summed E-state index contributed by atoms with van der Waals surface area (Å²) in [6.07, 6.45) is 4.85. The minimum atomic E-state index is 0. The third-order valence-electron chi connectivity index (χ3n) is 5.94. The van der Waals surface area contributed by atoms with Crippen molar-refractivity contribution in [1.29, 1.82) is 0 Å². The average Bonchev–Trinajstić information content (AvgIpc) is 3.38. The van der Waals surface area contributed by atoms with Gasteiger partial charge in [0.1, 0.15) is 13.2 Å². The summed E-state index contributed by atoms with van der Waals surface area (Å²) in [5.41, 5.74) is 2.52. The highest BCUT2D eigenvalue weighted by Gasteiger charge is 2.36. The van der Waals surface area contributed by atoms with E-state index in [0.717, 1.165) is 41.2 Å². The number of thiazole rings is 1. The van der Waals surface area contributed by atoms with Crippen molar-refractivity contribution in [2.45, 2.75) is 44.6 Å². The van der Waals surface area contributed by atoms with Crippen LogP contribution in [0.15, 0.2) is 28.6 Å². The monoisotopic (exact) mass is 542 g/mol. The molecule has 1 fully saturated rings. The van der Waals surface area contributed by atoms with E-state index in [9.17, 15) is 0 Å². The normalized spacial score (nSPS) is 17.4. The minimum Gasteiger partial charge on any atom is -0.486 e. The van der Waals surface area contributed by atoms with Crippen molar-refractivity contribution in [2.24, 2.45) is 4.99 Å². The number of hydrogen-bond acceptors (Lipinski definition) is 5. The first-order valence-electron chi connectivity index (χ1n) is 10.3. The number of nitrogens with zero attached hydrogens (tertiary/aromatic N) is 3. The Morgan fingerprint density at radius 1 is 1.23 bits per heavy atom. The summed E-state index contributed by atoms with van der Waals surface area (Å²) >= 11 is 1.69. The Hall–Kier alpha value is -1.55. The molecule has 1 aromatic carbocycles. The molecule has 1 saturated carbocycles. The molecule has 0 amide bonds. The molecular weight excluding hydrogens is 511 g/mol. The molecule has 8 heteroatoms. The maximum atomic E-state index is 5.84. The topological polar surface area (TPSA) is 59.0 Å². The fraction of sp³-hybridized carbons (Fsp3) is 0.545. The molecule has 1 N–H and O–H groups in total. The van der Waals surface area contributed by atoms with E-state index in [2.05, 4.69) is 50.8 Å². The standard InChI is InChI=1S/C22H30N4O2S.HI/c1-16-25-18(14-29-16)13-26(3)21(23-2)24-15-22(8-4-5-9-22)17-6-7-19-20(12-17)28-11-10-27-19;/h6-7,12,14H,4-5,8-11,13,15H2,1-3H3,(H,23,24);1H. The first-order chi connectivity index (χ1) is 14.1. The number of halogens is 1. The molecule has 4 rings (SSSR count). The van der Waals surface area contributed by atoms with Crippen molar-refractivity contribution < 1.29 is 9.47 Å². The van der Waals surface area contributed by atoms with Crippen LogP contribution < -0.4 is 14.8 Å². The maximum absolute atomic E-state index is 5.84. The molecule has 0 atom stereocenters. The van der Waals surface area contributed by atoms with E-state index in [1.807, 2.05) is 14.0 Å². The van der Waals surface area contributed by atoms with Gasteiger partial charge < -0.3 is 19.7 Å². The summed E-state index contributed by atoms with van der Waals surface area (Å²) < 4.78 is 11.5. The van der Waals surface area contributed by atoms with Gasteiger partial charge in [0, 0.05) is 31.4 Å². The number of aryl methyl sites for hydroxylation is 1. The third kappa shape index (κ3) is 5.01. The second kappa shape index (κ2) is 10.2. The van der Waals surface area contributed by atoms with Crippen LogP contribution in [0.5, 0.6) is 11.5 Å². The van der Waals surface area contributed by atoms with Gasteiger partial charge in [-0.1, -0.05) is 18.9 Å². The van der Waals surface area contributed by atoms with E-state index in [0.29, 0.717) is 13.2 Å². The van der Waals surface area contributed by atoms with E-state index in [1.165, 1.54) is 31.2 Å². The van der Waals surface area contributed by atoms with Crippen LogP contribution in [0, 0.1) is 6.92 Å². The number of benzene rings is 1. The fourth-order valence-electron chi connectivity index (χ4n) is 4.42. The molecule has 0 bridgehead atoms. The summed E-state index contributed by atoms with van der Waals surface area (Å²) in [6.45, 7) is 4.90. The van der Waals surface area contributed by atoms with Gasteiger partial charge in [-0.25, -0.2) is 4.98 Å². The lowest BCUT2D eigenvalue weighted by molar-refractivity contribution is 0.171. The molecule has 30 heavy (non-hydrogen) atoms. The van der Waals surface area contributed by atoms with Crippen LogP contribution >= 0.6 is 35.3 Å². The highest BCUT2D eigenvalue weighted by atomic mass is 127. The predicted molar refractivity (Wildman–Crippen MR) is 133 cm³/mol. The predicted octanol–water partition coefficient (Wildman–Crippen LogP) is 4.36. The van der Waals surface area contributed by atoms with Crippen molar-refractivity contribution >= 4 is 41.3 Å². The van der Waals surface area contributed by atoms with Gasteiger partial charge in [0.05, 0.1) is 17.2 Å². The molecule has 2 aromatic rings. The lowest BCUT2D eigenvalue weighted by Crippen LogP contribution is -2.45. The summed E-state index contributed by atoms with van der Waals surface area (Å²) in [5.74, 6) is 2.63. The second-order valence-electron chi connectivity index (χ2n) is 7.96. The lowest BCUT2D eigenvalue weighted by Gasteiger charge is -2.33. The summed E-state index contributed by atoms with van der Waals surface area (Å²) in [4.78, 5) is 11.2. The van der Waals surface area contributed by atoms with Gasteiger partial charge >= 0.3 is 0 Å². The van der Waals surface area contributed by atoms with E-state index in [1.54, 1.807) is 11.3 Å². The molecule has 0 radical (unpaired) electrons. The number of rotatable bonds is 5. The Morgan fingerprint density at radius 2 is 1.97 bits per heavy atom. The highest BCUT2D eigenvalue weighted by molar-refractivity contribution is 14.0. The van der Waals surface area contributed by atoms with Gasteiger partial charge in [-0.15, -0.1) is 35.3 Å². The van der Waals surface area contributed by atoms with Crippen molar-refractivity contribution in [1.82, 2.24) is 15.2 Å². The first-order valence-corrected chi connectivity index (χ1v) is 11.2. The second-order valence-corrected chi connectivity index (χ2v) is 9.02. The van der Waals surface area contributed by atoms with Crippen molar-refractivity contribution in [3.05, 3.63) is 39.8 Å². The lowest BCUT2D eigenvalue weighted by atomic mass is 9.78. The van der Waals surface area contributed by atoms with E-state index >= 15 is 0 Å².